The summed E-state index contributed by atoms with van der Waals surface area (Å²) in [5.41, 5.74) is 0.767. The molecule has 20 heavy (non-hydrogen) atoms. The van der Waals surface area contributed by atoms with Gasteiger partial charge in [0.05, 0.1) is 12.6 Å². The third kappa shape index (κ3) is 2.44. The van der Waals surface area contributed by atoms with E-state index in [9.17, 15) is 4.79 Å². The van der Waals surface area contributed by atoms with Gasteiger partial charge in [-0.25, -0.2) is 0 Å². The number of carbonyl (C=O) groups is 1. The van der Waals surface area contributed by atoms with E-state index in [0.29, 0.717) is 12.0 Å². The van der Waals surface area contributed by atoms with Gasteiger partial charge < -0.3 is 10.2 Å². The predicted molar refractivity (Wildman–Crippen MR) is 76.9 cm³/mol. The zero-order chi connectivity index (χ0) is 14.2. The maximum absolute atomic E-state index is 12.3. The molecule has 4 rings (SSSR count). The Morgan fingerprint density at radius 1 is 1.30 bits per heavy atom. The Labute approximate surface area is 121 Å². The lowest BCUT2D eigenvalue weighted by molar-refractivity contribution is -0.131. The van der Waals surface area contributed by atoms with Crippen molar-refractivity contribution in [3.8, 4) is 6.07 Å². The Bertz CT molecular complexity index is 415. The van der Waals surface area contributed by atoms with Crippen molar-refractivity contribution in [1.29, 1.82) is 5.26 Å². The van der Waals surface area contributed by atoms with E-state index >= 15 is 0 Å². The minimum Gasteiger partial charge on any atom is -0.326 e. The van der Waals surface area contributed by atoms with Crippen LogP contribution in [0.2, 0.25) is 0 Å². The molecule has 3 aliphatic carbocycles. The van der Waals surface area contributed by atoms with E-state index in [1.807, 2.05) is 0 Å². The summed E-state index contributed by atoms with van der Waals surface area (Å²) in [5.74, 6) is 0.113. The standard InChI is InChI=1S/C16H25N3O/c1-15-4-7-16(8-5-15,9-6-15)18-12-14(20)19-10-2-3-13(19)11-17/h13,18H,2-10,12H2,1H3/t13-,15?,16?/m0/s1. The van der Waals surface area contributed by atoms with Crippen LogP contribution in [0.1, 0.15) is 58.3 Å². The molecule has 2 bridgehead atoms. The molecule has 1 heterocycles. The third-order valence-electron chi connectivity index (χ3n) is 5.96. The smallest absolute Gasteiger partial charge is 0.237 e. The quantitative estimate of drug-likeness (QED) is 0.859. The number of nitrogens with one attached hydrogen (secondary N) is 1. The number of nitriles is 1. The van der Waals surface area contributed by atoms with Crippen molar-refractivity contribution in [3.63, 3.8) is 0 Å². The van der Waals surface area contributed by atoms with Crippen LogP contribution in [0.5, 0.6) is 0 Å². The molecule has 1 saturated heterocycles. The fraction of sp³-hybridized carbons (Fsp3) is 0.875. The molecule has 1 N–H and O–H groups in total. The van der Waals surface area contributed by atoms with Crippen molar-refractivity contribution in [2.24, 2.45) is 5.41 Å². The largest absolute Gasteiger partial charge is 0.326 e. The highest BCUT2D eigenvalue weighted by molar-refractivity contribution is 5.79. The first-order valence-corrected chi connectivity index (χ1v) is 8.00. The molecule has 0 unspecified atom stereocenters. The molecule has 3 saturated carbocycles. The molecule has 110 valence electrons. The summed E-state index contributed by atoms with van der Waals surface area (Å²) in [7, 11) is 0. The minimum atomic E-state index is -0.192. The molecule has 4 nitrogen and oxygen atoms in total. The van der Waals surface area contributed by atoms with E-state index in [1.54, 1.807) is 4.90 Å². The van der Waals surface area contributed by atoms with E-state index in [0.717, 1.165) is 19.4 Å². The van der Waals surface area contributed by atoms with E-state index in [1.165, 1.54) is 38.5 Å². The van der Waals surface area contributed by atoms with Gasteiger partial charge in [0, 0.05) is 12.1 Å². The Kier molecular flexibility index (Phi) is 3.50. The fourth-order valence-electron chi connectivity index (χ4n) is 4.20. The van der Waals surface area contributed by atoms with Gasteiger partial charge in [0.25, 0.3) is 0 Å². The highest BCUT2D eigenvalue weighted by Crippen LogP contribution is 2.51. The SMILES string of the molecule is CC12CCC(NCC(=O)N3CCC[C@H]3C#N)(CC1)CC2. The first-order chi connectivity index (χ1) is 9.56. The van der Waals surface area contributed by atoms with Crippen molar-refractivity contribution >= 4 is 5.91 Å². The topological polar surface area (TPSA) is 56.1 Å². The normalized spacial score (nSPS) is 39.8. The maximum atomic E-state index is 12.3. The molecule has 4 fully saturated rings. The summed E-state index contributed by atoms with van der Waals surface area (Å²) in [5, 5.41) is 12.6. The van der Waals surface area contributed by atoms with Gasteiger partial charge in [0.15, 0.2) is 0 Å². The van der Waals surface area contributed by atoms with Gasteiger partial charge in [-0.3, -0.25) is 4.79 Å². The molecule has 4 aliphatic rings. The number of rotatable bonds is 3. The van der Waals surface area contributed by atoms with E-state index in [4.69, 9.17) is 5.26 Å². The molecule has 0 aromatic rings. The van der Waals surface area contributed by atoms with Crippen molar-refractivity contribution in [2.75, 3.05) is 13.1 Å². The highest BCUT2D eigenvalue weighted by atomic mass is 16.2. The fourth-order valence-corrected chi connectivity index (χ4v) is 4.20. The summed E-state index contributed by atoms with van der Waals surface area (Å²) >= 11 is 0. The van der Waals surface area contributed by atoms with Gasteiger partial charge in [-0.1, -0.05) is 6.92 Å². The first kappa shape index (κ1) is 13.9. The zero-order valence-electron chi connectivity index (χ0n) is 12.5. The number of nitrogens with zero attached hydrogens (tertiary/aromatic N) is 2. The average Bonchev–Trinajstić information content (AvgIpc) is 2.95. The molecular weight excluding hydrogens is 250 g/mol. The second-order valence-electron chi connectivity index (χ2n) is 7.32. The number of hydrogen-bond acceptors (Lipinski definition) is 3. The molecule has 1 aliphatic heterocycles. The van der Waals surface area contributed by atoms with Crippen molar-refractivity contribution in [2.45, 2.75) is 69.9 Å². The molecule has 0 radical (unpaired) electrons. The van der Waals surface area contributed by atoms with E-state index in [-0.39, 0.29) is 17.5 Å². The minimum absolute atomic E-state index is 0.113. The van der Waals surface area contributed by atoms with E-state index < -0.39 is 0 Å². The second kappa shape index (κ2) is 5.04. The summed E-state index contributed by atoms with van der Waals surface area (Å²) < 4.78 is 0. The van der Waals surface area contributed by atoms with Crippen LogP contribution in [-0.4, -0.2) is 35.5 Å². The van der Waals surface area contributed by atoms with Crippen LogP contribution in [0.3, 0.4) is 0 Å². The highest BCUT2D eigenvalue weighted by Gasteiger charge is 2.46. The van der Waals surface area contributed by atoms with Crippen LogP contribution < -0.4 is 5.32 Å². The third-order valence-corrected chi connectivity index (χ3v) is 5.96. The van der Waals surface area contributed by atoms with Gasteiger partial charge in [0.2, 0.25) is 5.91 Å². The summed E-state index contributed by atoms with van der Waals surface area (Å²) in [6, 6.07) is 2.05. The van der Waals surface area contributed by atoms with Gasteiger partial charge >= 0.3 is 0 Å². The number of carbonyl (C=O) groups excluding carboxylic acids is 1. The maximum Gasteiger partial charge on any atom is 0.237 e. The number of fused-ring (bicyclic) bond motifs is 3. The van der Waals surface area contributed by atoms with Crippen LogP contribution in [0.15, 0.2) is 0 Å². The van der Waals surface area contributed by atoms with E-state index in [2.05, 4.69) is 18.3 Å². The van der Waals surface area contributed by atoms with Crippen LogP contribution in [-0.2, 0) is 4.79 Å². The number of likely N-dealkylation sites (tertiary alicyclic amines) is 1. The Balaban J connectivity index is 1.55. The van der Waals surface area contributed by atoms with Crippen molar-refractivity contribution < 1.29 is 4.79 Å². The van der Waals surface area contributed by atoms with Gasteiger partial charge in [0.1, 0.15) is 6.04 Å². The number of hydrogen-bond donors (Lipinski definition) is 1. The molecule has 1 amide bonds. The molecule has 0 aromatic heterocycles. The molecule has 1 atom stereocenters. The molecule has 0 aromatic carbocycles. The second-order valence-corrected chi connectivity index (χ2v) is 7.32. The monoisotopic (exact) mass is 275 g/mol. The zero-order valence-corrected chi connectivity index (χ0v) is 12.5. The van der Waals surface area contributed by atoms with Gasteiger partial charge in [-0.2, -0.15) is 5.26 Å². The number of amides is 1. The summed E-state index contributed by atoms with van der Waals surface area (Å²) in [6.07, 6.45) is 9.30. The summed E-state index contributed by atoms with van der Waals surface area (Å²) in [4.78, 5) is 14.1. The first-order valence-electron chi connectivity index (χ1n) is 8.00. The summed E-state index contributed by atoms with van der Waals surface area (Å²) in [6.45, 7) is 3.57. The van der Waals surface area contributed by atoms with Crippen molar-refractivity contribution in [1.82, 2.24) is 10.2 Å². The lowest BCUT2D eigenvalue weighted by Gasteiger charge is -2.52. The van der Waals surface area contributed by atoms with Crippen LogP contribution in [0.4, 0.5) is 0 Å². The Morgan fingerprint density at radius 3 is 2.55 bits per heavy atom. The lowest BCUT2D eigenvalue weighted by atomic mass is 9.58. The molecular formula is C16H25N3O. The Morgan fingerprint density at radius 2 is 1.95 bits per heavy atom. The van der Waals surface area contributed by atoms with Gasteiger partial charge in [-0.15, -0.1) is 0 Å². The Hall–Kier alpha value is -1.08. The van der Waals surface area contributed by atoms with Crippen molar-refractivity contribution in [3.05, 3.63) is 0 Å². The lowest BCUT2D eigenvalue weighted by Crippen LogP contribution is -2.56. The molecule has 0 spiro atoms. The average molecular weight is 275 g/mol. The van der Waals surface area contributed by atoms with Crippen LogP contribution in [0, 0.1) is 16.7 Å². The van der Waals surface area contributed by atoms with Crippen LogP contribution in [0.25, 0.3) is 0 Å². The van der Waals surface area contributed by atoms with Crippen LogP contribution >= 0.6 is 0 Å². The van der Waals surface area contributed by atoms with Gasteiger partial charge in [-0.05, 0) is 56.8 Å². The molecule has 4 heteroatoms. The predicted octanol–water partition coefficient (Wildman–Crippen LogP) is 2.20.